The normalized spacial score (nSPS) is 11.5. The highest BCUT2D eigenvalue weighted by Gasteiger charge is 2.48. The van der Waals surface area contributed by atoms with E-state index in [0.717, 1.165) is 10.0 Å². The summed E-state index contributed by atoms with van der Waals surface area (Å²) in [5.41, 5.74) is -0.578. The van der Waals surface area contributed by atoms with Crippen molar-refractivity contribution in [3.05, 3.63) is 47.0 Å². The van der Waals surface area contributed by atoms with Crippen LogP contribution in [0.4, 0.5) is 0 Å². The van der Waals surface area contributed by atoms with Crippen LogP contribution in [0.2, 0.25) is 0 Å². The van der Waals surface area contributed by atoms with E-state index in [9.17, 15) is 9.59 Å². The molecule has 132 valence electrons. The molecule has 24 heavy (non-hydrogen) atoms. The van der Waals surface area contributed by atoms with Gasteiger partial charge in [0.1, 0.15) is 0 Å². The fourth-order valence-electron chi connectivity index (χ4n) is 2.32. The van der Waals surface area contributed by atoms with Crippen LogP contribution in [0.1, 0.15) is 39.7 Å². The van der Waals surface area contributed by atoms with Gasteiger partial charge in [-0.25, -0.2) is 0 Å². The molecule has 0 aromatic heterocycles. The molecule has 0 unspecified atom stereocenters. The third-order valence-corrected chi connectivity index (χ3v) is 3.91. The number of carbonyl (C=O) groups excluding carboxylic acids is 2. The summed E-state index contributed by atoms with van der Waals surface area (Å²) in [7, 11) is 0. The van der Waals surface area contributed by atoms with Crippen molar-refractivity contribution in [2.75, 3.05) is 0 Å². The second-order valence-corrected chi connectivity index (χ2v) is 7.20. The monoisotopic (exact) mass is 396 g/mol. The van der Waals surface area contributed by atoms with Gasteiger partial charge in [-0.2, -0.15) is 0 Å². The van der Waals surface area contributed by atoms with E-state index in [1.54, 1.807) is 33.8 Å². The third-order valence-electron chi connectivity index (χ3n) is 3.38. The number of hydrogen-bond acceptors (Lipinski definition) is 4. The highest BCUT2D eigenvalue weighted by molar-refractivity contribution is 9.10. The summed E-state index contributed by atoms with van der Waals surface area (Å²) in [6.07, 6.45) is 1.27. The Hall–Kier alpha value is -1.62. The summed E-state index contributed by atoms with van der Waals surface area (Å²) in [6, 6.07) is 7.48. The number of ether oxygens (including phenoxy) is 2. The smallest absolute Gasteiger partial charge is 0.324 e. The van der Waals surface area contributed by atoms with Gasteiger partial charge < -0.3 is 9.47 Å². The van der Waals surface area contributed by atoms with Gasteiger partial charge in [0, 0.05) is 4.47 Å². The van der Waals surface area contributed by atoms with Crippen LogP contribution < -0.4 is 0 Å². The molecule has 0 spiro atoms. The van der Waals surface area contributed by atoms with Gasteiger partial charge >= 0.3 is 11.9 Å². The number of esters is 2. The summed E-state index contributed by atoms with van der Waals surface area (Å²) in [5, 5.41) is 0. The van der Waals surface area contributed by atoms with Crippen LogP contribution in [0.5, 0.6) is 0 Å². The zero-order valence-electron chi connectivity index (χ0n) is 14.7. The molecule has 0 bridgehead atoms. The maximum Gasteiger partial charge on any atom is 0.324 e. The van der Waals surface area contributed by atoms with Crippen LogP contribution in [-0.2, 0) is 25.5 Å². The lowest BCUT2D eigenvalue weighted by atomic mass is 9.78. The maximum absolute atomic E-state index is 12.8. The molecule has 5 heteroatoms. The van der Waals surface area contributed by atoms with Crippen molar-refractivity contribution in [3.8, 4) is 0 Å². The lowest BCUT2D eigenvalue weighted by Crippen LogP contribution is -2.45. The SMILES string of the molecule is C=CCC(Cc1ccc(Br)cc1)(C(=O)OC(C)C)C(=O)OC(C)C. The van der Waals surface area contributed by atoms with Gasteiger partial charge in [0.2, 0.25) is 0 Å². The minimum absolute atomic E-state index is 0.153. The molecule has 0 fully saturated rings. The highest BCUT2D eigenvalue weighted by atomic mass is 79.9. The Morgan fingerprint density at radius 3 is 1.92 bits per heavy atom. The first-order valence-corrected chi connectivity index (χ1v) is 8.78. The summed E-state index contributed by atoms with van der Waals surface area (Å²) < 4.78 is 11.7. The number of carbonyl (C=O) groups is 2. The highest BCUT2D eigenvalue weighted by Crippen LogP contribution is 2.33. The Balaban J connectivity index is 3.27. The maximum atomic E-state index is 12.8. The largest absolute Gasteiger partial charge is 0.462 e. The lowest BCUT2D eigenvalue weighted by Gasteiger charge is -2.30. The average molecular weight is 397 g/mol. The first kappa shape index (κ1) is 20.4. The Morgan fingerprint density at radius 2 is 1.54 bits per heavy atom. The molecule has 1 aromatic rings. The average Bonchev–Trinajstić information content (AvgIpc) is 2.47. The molecular formula is C19H25BrO4. The Labute approximate surface area is 152 Å². The van der Waals surface area contributed by atoms with Crippen molar-refractivity contribution >= 4 is 27.9 Å². The van der Waals surface area contributed by atoms with Gasteiger partial charge in [0.25, 0.3) is 0 Å². The third kappa shape index (κ3) is 5.48. The van der Waals surface area contributed by atoms with Crippen molar-refractivity contribution in [2.24, 2.45) is 5.41 Å². The quantitative estimate of drug-likeness (QED) is 0.369. The predicted molar refractivity (Wildman–Crippen MR) is 97.5 cm³/mol. The molecule has 0 aliphatic rings. The topological polar surface area (TPSA) is 52.6 Å². The molecule has 1 aromatic carbocycles. The number of rotatable bonds is 8. The van der Waals surface area contributed by atoms with Crippen molar-refractivity contribution in [1.82, 2.24) is 0 Å². The molecule has 0 radical (unpaired) electrons. The zero-order chi connectivity index (χ0) is 18.3. The molecule has 4 nitrogen and oxygen atoms in total. The first-order valence-electron chi connectivity index (χ1n) is 7.98. The van der Waals surface area contributed by atoms with E-state index in [1.807, 2.05) is 24.3 Å². The minimum atomic E-state index is -1.43. The van der Waals surface area contributed by atoms with Gasteiger partial charge in [-0.05, 0) is 58.2 Å². The fraction of sp³-hybridized carbons (Fsp3) is 0.474. The van der Waals surface area contributed by atoms with Crippen molar-refractivity contribution in [2.45, 2.75) is 52.7 Å². The number of hydrogen-bond donors (Lipinski definition) is 0. The number of halogens is 1. The fourth-order valence-corrected chi connectivity index (χ4v) is 2.58. The molecule has 0 N–H and O–H groups in total. The number of benzene rings is 1. The second kappa shape index (κ2) is 9.02. The standard InChI is InChI=1S/C19H25BrO4/c1-6-11-19(17(21)23-13(2)3,18(22)24-14(4)5)12-15-7-9-16(20)10-8-15/h6-10,13-14H,1,11-12H2,2-5H3. The van der Waals surface area contributed by atoms with Crippen LogP contribution >= 0.6 is 15.9 Å². The predicted octanol–water partition coefficient (Wildman–Crippen LogP) is 4.46. The minimum Gasteiger partial charge on any atom is -0.462 e. The molecule has 0 amide bonds. The van der Waals surface area contributed by atoms with Crippen molar-refractivity contribution < 1.29 is 19.1 Å². The molecule has 0 heterocycles. The van der Waals surface area contributed by atoms with E-state index in [0.29, 0.717) is 0 Å². The lowest BCUT2D eigenvalue weighted by molar-refractivity contribution is -0.176. The summed E-state index contributed by atoms with van der Waals surface area (Å²) >= 11 is 3.38. The van der Waals surface area contributed by atoms with Crippen molar-refractivity contribution in [1.29, 1.82) is 0 Å². The Bertz CT molecular complexity index is 554. The molecule has 0 aliphatic carbocycles. The van der Waals surface area contributed by atoms with Gasteiger partial charge in [-0.3, -0.25) is 9.59 Å². The van der Waals surface area contributed by atoms with Gasteiger partial charge in [0.15, 0.2) is 5.41 Å². The number of allylic oxidation sites excluding steroid dienone is 1. The van der Waals surface area contributed by atoms with Crippen LogP contribution in [0.25, 0.3) is 0 Å². The molecule has 1 rings (SSSR count). The summed E-state index contributed by atoms with van der Waals surface area (Å²) in [6.45, 7) is 10.7. The molecule has 0 aliphatic heterocycles. The van der Waals surface area contributed by atoms with E-state index in [-0.39, 0.29) is 25.0 Å². The van der Waals surface area contributed by atoms with Crippen LogP contribution in [0, 0.1) is 5.41 Å². The van der Waals surface area contributed by atoms with E-state index in [2.05, 4.69) is 22.5 Å². The van der Waals surface area contributed by atoms with Gasteiger partial charge in [0.05, 0.1) is 12.2 Å². The molecule has 0 saturated heterocycles. The van der Waals surface area contributed by atoms with Crippen LogP contribution in [0.15, 0.2) is 41.4 Å². The van der Waals surface area contributed by atoms with E-state index in [4.69, 9.17) is 9.47 Å². The molecular weight excluding hydrogens is 372 g/mol. The van der Waals surface area contributed by atoms with Gasteiger partial charge in [-0.15, -0.1) is 6.58 Å². The zero-order valence-corrected chi connectivity index (χ0v) is 16.3. The van der Waals surface area contributed by atoms with Gasteiger partial charge in [-0.1, -0.05) is 34.1 Å². The molecule has 0 saturated carbocycles. The van der Waals surface area contributed by atoms with Crippen LogP contribution in [0.3, 0.4) is 0 Å². The van der Waals surface area contributed by atoms with Crippen LogP contribution in [-0.4, -0.2) is 24.1 Å². The Kier molecular flexibility index (Phi) is 7.67. The van der Waals surface area contributed by atoms with E-state index >= 15 is 0 Å². The second-order valence-electron chi connectivity index (χ2n) is 6.29. The summed E-state index contributed by atoms with van der Waals surface area (Å²) in [5.74, 6) is -1.16. The Morgan fingerprint density at radius 1 is 1.08 bits per heavy atom. The first-order chi connectivity index (χ1) is 11.2. The van der Waals surface area contributed by atoms with E-state index in [1.165, 1.54) is 0 Å². The summed E-state index contributed by atoms with van der Waals surface area (Å²) in [4.78, 5) is 25.6. The van der Waals surface area contributed by atoms with Crippen molar-refractivity contribution in [3.63, 3.8) is 0 Å². The molecule has 0 atom stereocenters. The van der Waals surface area contributed by atoms with E-state index < -0.39 is 17.4 Å².